The molecule has 2 rings (SSSR count). The molecule has 1 unspecified atom stereocenters. The Morgan fingerprint density at radius 3 is 2.79 bits per heavy atom. The third kappa shape index (κ3) is 1.16. The van der Waals surface area contributed by atoms with Crippen molar-refractivity contribution in [2.75, 3.05) is 12.4 Å². The highest BCUT2D eigenvalue weighted by Crippen LogP contribution is 2.39. The van der Waals surface area contributed by atoms with Crippen LogP contribution in [-0.4, -0.2) is 13.0 Å². The largest absolute Gasteiger partial charge is 0.495 e. The number of anilines is 1. The van der Waals surface area contributed by atoms with Gasteiger partial charge in [-0.3, -0.25) is 4.79 Å². The molecule has 1 aliphatic heterocycles. The van der Waals surface area contributed by atoms with Gasteiger partial charge in [-0.15, -0.1) is 0 Å². The monoisotopic (exact) mass is 191 g/mol. The number of ether oxygens (including phenoxy) is 1. The van der Waals surface area contributed by atoms with Crippen LogP contribution in [0, 0.1) is 6.92 Å². The summed E-state index contributed by atoms with van der Waals surface area (Å²) >= 11 is 0. The number of carbonyl (C=O) groups excluding carboxylic acids is 1. The number of hydrogen-bond acceptors (Lipinski definition) is 2. The van der Waals surface area contributed by atoms with Crippen LogP contribution in [0.2, 0.25) is 0 Å². The van der Waals surface area contributed by atoms with Gasteiger partial charge in [0.05, 0.1) is 18.7 Å². The highest BCUT2D eigenvalue weighted by molar-refractivity contribution is 6.04. The molecule has 1 aromatic rings. The van der Waals surface area contributed by atoms with Crippen molar-refractivity contribution in [3.8, 4) is 5.75 Å². The minimum Gasteiger partial charge on any atom is -0.495 e. The van der Waals surface area contributed by atoms with E-state index in [4.69, 9.17) is 4.74 Å². The number of hydrogen-bond donors (Lipinski definition) is 1. The van der Waals surface area contributed by atoms with E-state index in [1.165, 1.54) is 0 Å². The minimum absolute atomic E-state index is 0.0453. The van der Waals surface area contributed by atoms with Crippen LogP contribution >= 0.6 is 0 Å². The molecule has 0 fully saturated rings. The van der Waals surface area contributed by atoms with Gasteiger partial charge >= 0.3 is 0 Å². The summed E-state index contributed by atoms with van der Waals surface area (Å²) in [6.07, 6.45) is 0. The van der Waals surface area contributed by atoms with Crippen LogP contribution in [0.3, 0.4) is 0 Å². The van der Waals surface area contributed by atoms with E-state index in [1.54, 1.807) is 7.11 Å². The van der Waals surface area contributed by atoms with Crippen molar-refractivity contribution in [1.29, 1.82) is 0 Å². The van der Waals surface area contributed by atoms with Gasteiger partial charge in [0.2, 0.25) is 5.91 Å². The van der Waals surface area contributed by atoms with E-state index in [0.717, 1.165) is 22.6 Å². The van der Waals surface area contributed by atoms with Crippen LogP contribution in [0.25, 0.3) is 0 Å². The normalized spacial score (nSPS) is 19.1. The van der Waals surface area contributed by atoms with Crippen LogP contribution in [0.1, 0.15) is 24.0 Å². The number of carbonyl (C=O) groups is 1. The van der Waals surface area contributed by atoms with Gasteiger partial charge in [0.1, 0.15) is 5.75 Å². The standard InChI is InChI=1S/C11H13NO2/c1-6-4-8-7(2)11(13)12-10(8)9(5-6)14-3/h4-5,7H,1-3H3,(H,12,13). The third-order valence-electron chi connectivity index (χ3n) is 2.60. The van der Waals surface area contributed by atoms with Crippen LogP contribution in [0.4, 0.5) is 5.69 Å². The first kappa shape index (κ1) is 9.06. The molecule has 1 atom stereocenters. The van der Waals surface area contributed by atoms with Gasteiger partial charge in [0, 0.05) is 0 Å². The Morgan fingerprint density at radius 2 is 2.14 bits per heavy atom. The number of amides is 1. The van der Waals surface area contributed by atoms with Crippen molar-refractivity contribution in [3.05, 3.63) is 23.3 Å². The second kappa shape index (κ2) is 3.01. The summed E-state index contributed by atoms with van der Waals surface area (Å²) in [4.78, 5) is 11.4. The summed E-state index contributed by atoms with van der Waals surface area (Å²) in [5.74, 6) is 0.723. The molecule has 0 aromatic heterocycles. The zero-order chi connectivity index (χ0) is 10.3. The molecule has 3 nitrogen and oxygen atoms in total. The van der Waals surface area contributed by atoms with E-state index in [1.807, 2.05) is 26.0 Å². The summed E-state index contributed by atoms with van der Waals surface area (Å²) in [5.41, 5.74) is 2.98. The molecule has 74 valence electrons. The van der Waals surface area contributed by atoms with Gasteiger partial charge in [0.15, 0.2) is 0 Å². The molecular formula is C11H13NO2. The highest BCUT2D eigenvalue weighted by Gasteiger charge is 2.29. The Bertz CT molecular complexity index is 399. The molecule has 0 saturated heterocycles. The third-order valence-corrected chi connectivity index (χ3v) is 2.60. The summed E-state index contributed by atoms with van der Waals surface area (Å²) < 4.78 is 5.22. The molecule has 0 radical (unpaired) electrons. The van der Waals surface area contributed by atoms with Crippen LogP contribution in [0.5, 0.6) is 5.75 Å². The first-order valence-corrected chi connectivity index (χ1v) is 4.63. The molecule has 1 aromatic carbocycles. The molecule has 14 heavy (non-hydrogen) atoms. The number of methoxy groups -OCH3 is 1. The van der Waals surface area contributed by atoms with Crippen molar-refractivity contribution in [2.45, 2.75) is 19.8 Å². The highest BCUT2D eigenvalue weighted by atomic mass is 16.5. The molecule has 3 heteroatoms. The topological polar surface area (TPSA) is 38.3 Å². The van der Waals surface area contributed by atoms with Gasteiger partial charge in [0.25, 0.3) is 0 Å². The fourth-order valence-electron chi connectivity index (χ4n) is 1.79. The fraction of sp³-hybridized carbons (Fsp3) is 0.364. The Balaban J connectivity index is 2.61. The van der Waals surface area contributed by atoms with E-state index in [-0.39, 0.29) is 11.8 Å². The van der Waals surface area contributed by atoms with E-state index in [0.29, 0.717) is 0 Å². The lowest BCUT2D eigenvalue weighted by Gasteiger charge is -2.08. The lowest BCUT2D eigenvalue weighted by atomic mass is 10.0. The average molecular weight is 191 g/mol. The number of aryl methyl sites for hydroxylation is 1. The maximum Gasteiger partial charge on any atom is 0.231 e. The van der Waals surface area contributed by atoms with Crippen LogP contribution in [-0.2, 0) is 4.79 Å². The Morgan fingerprint density at radius 1 is 1.43 bits per heavy atom. The fourth-order valence-corrected chi connectivity index (χ4v) is 1.79. The van der Waals surface area contributed by atoms with E-state index < -0.39 is 0 Å². The maximum absolute atomic E-state index is 11.4. The number of rotatable bonds is 1. The number of fused-ring (bicyclic) bond motifs is 1. The molecular weight excluding hydrogens is 178 g/mol. The van der Waals surface area contributed by atoms with Gasteiger partial charge in [-0.1, -0.05) is 6.07 Å². The quantitative estimate of drug-likeness (QED) is 0.737. The second-order valence-electron chi connectivity index (χ2n) is 3.64. The molecule has 0 saturated carbocycles. The number of nitrogens with one attached hydrogen (secondary N) is 1. The van der Waals surface area contributed by atoms with Crippen molar-refractivity contribution in [1.82, 2.24) is 0 Å². The van der Waals surface area contributed by atoms with Gasteiger partial charge < -0.3 is 10.1 Å². The van der Waals surface area contributed by atoms with Gasteiger partial charge in [-0.2, -0.15) is 0 Å². The number of benzene rings is 1. The van der Waals surface area contributed by atoms with E-state index in [2.05, 4.69) is 5.32 Å². The molecule has 1 heterocycles. The lowest BCUT2D eigenvalue weighted by Crippen LogP contribution is -2.08. The van der Waals surface area contributed by atoms with Crippen molar-refractivity contribution in [2.24, 2.45) is 0 Å². The Kier molecular flexibility index (Phi) is 1.95. The van der Waals surface area contributed by atoms with Gasteiger partial charge in [-0.05, 0) is 31.0 Å². The predicted octanol–water partition coefficient (Wildman–Crippen LogP) is 2.06. The van der Waals surface area contributed by atoms with E-state index in [9.17, 15) is 4.79 Å². The predicted molar refractivity (Wildman–Crippen MR) is 54.8 cm³/mol. The summed E-state index contributed by atoms with van der Waals surface area (Å²) in [6, 6.07) is 3.96. The first-order chi connectivity index (χ1) is 6.63. The van der Waals surface area contributed by atoms with Crippen molar-refractivity contribution in [3.63, 3.8) is 0 Å². The zero-order valence-electron chi connectivity index (χ0n) is 8.55. The van der Waals surface area contributed by atoms with Crippen LogP contribution in [0.15, 0.2) is 12.1 Å². The Labute approximate surface area is 83.1 Å². The maximum atomic E-state index is 11.4. The Hall–Kier alpha value is -1.51. The second-order valence-corrected chi connectivity index (χ2v) is 3.64. The average Bonchev–Trinajstić information content (AvgIpc) is 2.43. The van der Waals surface area contributed by atoms with Crippen molar-refractivity contribution >= 4 is 11.6 Å². The molecule has 0 spiro atoms. The van der Waals surface area contributed by atoms with E-state index >= 15 is 0 Å². The summed E-state index contributed by atoms with van der Waals surface area (Å²) in [6.45, 7) is 3.90. The smallest absolute Gasteiger partial charge is 0.231 e. The lowest BCUT2D eigenvalue weighted by molar-refractivity contribution is -0.116. The summed E-state index contributed by atoms with van der Waals surface area (Å²) in [7, 11) is 1.62. The molecule has 0 aliphatic carbocycles. The SMILES string of the molecule is COc1cc(C)cc2c1NC(=O)C2C. The van der Waals surface area contributed by atoms with Crippen molar-refractivity contribution < 1.29 is 9.53 Å². The molecule has 1 N–H and O–H groups in total. The molecule has 0 bridgehead atoms. The first-order valence-electron chi connectivity index (χ1n) is 4.63. The summed E-state index contributed by atoms with van der Waals surface area (Å²) in [5, 5.41) is 2.83. The molecule has 1 aliphatic rings. The van der Waals surface area contributed by atoms with Gasteiger partial charge in [-0.25, -0.2) is 0 Å². The van der Waals surface area contributed by atoms with Crippen LogP contribution < -0.4 is 10.1 Å². The zero-order valence-corrected chi connectivity index (χ0v) is 8.55. The minimum atomic E-state index is -0.0706. The molecule has 1 amide bonds.